The SMILES string of the molecule is COc1cc(C=C2SC(=Nc3ccc(C)cc3)N(c3ccc(C)cc3)C2=O)ccc1OCc1ccccc1. The van der Waals surface area contributed by atoms with Gasteiger partial charge in [0.2, 0.25) is 0 Å². The third-order valence-electron chi connectivity index (χ3n) is 6.08. The zero-order chi connectivity index (χ0) is 26.5. The largest absolute Gasteiger partial charge is 0.493 e. The summed E-state index contributed by atoms with van der Waals surface area (Å²) >= 11 is 1.36. The van der Waals surface area contributed by atoms with Gasteiger partial charge in [-0.15, -0.1) is 0 Å². The Balaban J connectivity index is 1.44. The quantitative estimate of drug-likeness (QED) is 0.234. The highest BCUT2D eigenvalue weighted by molar-refractivity contribution is 8.19. The standard InChI is InChI=1S/C32H28N2O3S/c1-22-9-14-26(15-10-22)33-32-34(27-16-11-23(2)12-17-27)31(35)30(38-32)20-25-13-18-28(29(19-25)36-3)37-21-24-7-5-4-6-8-24/h4-20H,21H2,1-3H3. The summed E-state index contributed by atoms with van der Waals surface area (Å²) in [6.45, 7) is 4.50. The Bertz CT molecular complexity index is 1490. The number of nitrogens with zero attached hydrogens (tertiary/aromatic N) is 2. The van der Waals surface area contributed by atoms with E-state index in [0.717, 1.165) is 33.6 Å². The highest BCUT2D eigenvalue weighted by Gasteiger charge is 2.34. The third-order valence-corrected chi connectivity index (χ3v) is 7.05. The summed E-state index contributed by atoms with van der Waals surface area (Å²) in [5.74, 6) is 1.13. The predicted octanol–water partition coefficient (Wildman–Crippen LogP) is 7.70. The number of thioether (sulfide) groups is 1. The molecule has 5 nitrogen and oxygen atoms in total. The van der Waals surface area contributed by atoms with Crippen molar-refractivity contribution in [2.24, 2.45) is 4.99 Å². The first-order valence-electron chi connectivity index (χ1n) is 12.3. The number of aliphatic imine (C=N–C) groups is 1. The number of hydrogen-bond acceptors (Lipinski definition) is 5. The van der Waals surface area contributed by atoms with Crippen LogP contribution < -0.4 is 14.4 Å². The first-order valence-corrected chi connectivity index (χ1v) is 13.1. The van der Waals surface area contributed by atoms with Crippen molar-refractivity contribution in [3.8, 4) is 11.5 Å². The van der Waals surface area contributed by atoms with Crippen LogP contribution in [0.25, 0.3) is 6.08 Å². The van der Waals surface area contributed by atoms with Crippen LogP contribution in [-0.2, 0) is 11.4 Å². The number of rotatable bonds is 7. The van der Waals surface area contributed by atoms with Crippen LogP contribution in [0.3, 0.4) is 0 Å². The molecule has 0 N–H and O–H groups in total. The van der Waals surface area contributed by atoms with E-state index in [1.165, 1.54) is 11.8 Å². The van der Waals surface area contributed by atoms with Gasteiger partial charge in [0, 0.05) is 0 Å². The monoisotopic (exact) mass is 520 g/mol. The topological polar surface area (TPSA) is 51.1 Å². The van der Waals surface area contributed by atoms with Crippen molar-refractivity contribution in [3.63, 3.8) is 0 Å². The van der Waals surface area contributed by atoms with Gasteiger partial charge in [-0.05, 0) is 79.2 Å². The minimum atomic E-state index is -0.118. The van der Waals surface area contributed by atoms with E-state index >= 15 is 0 Å². The van der Waals surface area contributed by atoms with Crippen molar-refractivity contribution in [3.05, 3.63) is 124 Å². The van der Waals surface area contributed by atoms with Gasteiger partial charge >= 0.3 is 0 Å². The maximum absolute atomic E-state index is 13.6. The van der Waals surface area contributed by atoms with Gasteiger partial charge in [-0.25, -0.2) is 4.99 Å². The number of carbonyl (C=O) groups is 1. The summed E-state index contributed by atoms with van der Waals surface area (Å²) in [6.07, 6.45) is 1.87. The zero-order valence-electron chi connectivity index (χ0n) is 21.5. The van der Waals surface area contributed by atoms with Crippen LogP contribution in [0.1, 0.15) is 22.3 Å². The Morgan fingerprint density at radius 1 is 0.842 bits per heavy atom. The van der Waals surface area contributed by atoms with Crippen molar-refractivity contribution in [1.82, 2.24) is 0 Å². The van der Waals surface area contributed by atoms with Crippen molar-refractivity contribution in [1.29, 1.82) is 0 Å². The van der Waals surface area contributed by atoms with Crippen LogP contribution in [0, 0.1) is 13.8 Å². The lowest BCUT2D eigenvalue weighted by atomic mass is 10.1. The van der Waals surface area contributed by atoms with Crippen molar-refractivity contribution in [2.75, 3.05) is 12.0 Å². The average Bonchev–Trinajstić information content (AvgIpc) is 3.24. The highest BCUT2D eigenvalue weighted by Crippen LogP contribution is 2.38. The highest BCUT2D eigenvalue weighted by atomic mass is 32.2. The van der Waals surface area contributed by atoms with Gasteiger partial charge in [0.1, 0.15) is 6.61 Å². The number of aryl methyl sites for hydroxylation is 2. The van der Waals surface area contributed by atoms with Crippen molar-refractivity contribution in [2.45, 2.75) is 20.5 Å². The Labute approximate surface area is 227 Å². The lowest BCUT2D eigenvalue weighted by Crippen LogP contribution is -2.28. The smallest absolute Gasteiger partial charge is 0.271 e. The molecule has 1 heterocycles. The Kier molecular flexibility index (Phi) is 7.61. The lowest BCUT2D eigenvalue weighted by Gasteiger charge is -2.16. The molecular weight excluding hydrogens is 492 g/mol. The van der Waals surface area contributed by atoms with Crippen LogP contribution in [0.5, 0.6) is 11.5 Å². The fourth-order valence-electron chi connectivity index (χ4n) is 3.98. The first-order chi connectivity index (χ1) is 18.5. The second kappa shape index (κ2) is 11.4. The molecule has 0 radical (unpaired) electrons. The Hall–Kier alpha value is -4.29. The Morgan fingerprint density at radius 3 is 2.21 bits per heavy atom. The van der Waals surface area contributed by atoms with E-state index in [4.69, 9.17) is 14.5 Å². The van der Waals surface area contributed by atoms with Crippen LogP contribution in [0.2, 0.25) is 0 Å². The average molecular weight is 521 g/mol. The number of amidine groups is 1. The molecule has 0 bridgehead atoms. The van der Waals surface area contributed by atoms with Gasteiger partial charge < -0.3 is 9.47 Å². The van der Waals surface area contributed by atoms with Crippen molar-refractivity contribution < 1.29 is 14.3 Å². The van der Waals surface area contributed by atoms with Gasteiger partial charge in [0.25, 0.3) is 5.91 Å². The molecule has 5 rings (SSSR count). The van der Waals surface area contributed by atoms with E-state index in [2.05, 4.69) is 0 Å². The number of methoxy groups -OCH3 is 1. The number of ether oxygens (including phenoxy) is 2. The molecule has 0 spiro atoms. The van der Waals surface area contributed by atoms with Crippen molar-refractivity contribution >= 4 is 40.3 Å². The maximum atomic E-state index is 13.6. The Morgan fingerprint density at radius 2 is 1.53 bits per heavy atom. The molecule has 1 aliphatic rings. The van der Waals surface area contributed by atoms with Crippen LogP contribution in [0.15, 0.2) is 107 Å². The fourth-order valence-corrected chi connectivity index (χ4v) is 4.98. The molecule has 1 aliphatic heterocycles. The molecule has 0 aromatic heterocycles. The number of hydrogen-bond donors (Lipinski definition) is 0. The van der Waals surface area contributed by atoms with Gasteiger partial charge in [-0.2, -0.15) is 0 Å². The number of carbonyl (C=O) groups excluding carboxylic acids is 1. The number of anilines is 1. The van der Waals surface area contributed by atoms with E-state index in [9.17, 15) is 4.79 Å². The summed E-state index contributed by atoms with van der Waals surface area (Å²) in [5, 5.41) is 0.615. The molecule has 0 unspecified atom stereocenters. The molecule has 0 saturated carbocycles. The molecule has 190 valence electrons. The van der Waals surface area contributed by atoms with E-state index in [1.54, 1.807) is 12.0 Å². The molecule has 0 atom stereocenters. The minimum Gasteiger partial charge on any atom is -0.493 e. The fraction of sp³-hybridized carbons (Fsp3) is 0.125. The molecular formula is C32H28N2O3S. The predicted molar refractivity (Wildman–Crippen MR) is 156 cm³/mol. The molecule has 0 aliphatic carbocycles. The van der Waals surface area contributed by atoms with Gasteiger partial charge in [0.15, 0.2) is 16.7 Å². The summed E-state index contributed by atoms with van der Waals surface area (Å²) in [7, 11) is 1.61. The van der Waals surface area contributed by atoms with E-state index < -0.39 is 0 Å². The summed E-state index contributed by atoms with van der Waals surface area (Å²) in [5.41, 5.74) is 5.78. The second-order valence-electron chi connectivity index (χ2n) is 9.00. The maximum Gasteiger partial charge on any atom is 0.271 e. The molecule has 4 aromatic carbocycles. The number of benzene rings is 4. The van der Waals surface area contributed by atoms with E-state index in [0.29, 0.717) is 28.2 Å². The van der Waals surface area contributed by atoms with Crippen LogP contribution in [-0.4, -0.2) is 18.2 Å². The van der Waals surface area contributed by atoms with Gasteiger partial charge in [-0.3, -0.25) is 9.69 Å². The zero-order valence-corrected chi connectivity index (χ0v) is 22.4. The lowest BCUT2D eigenvalue weighted by molar-refractivity contribution is -0.113. The number of amides is 1. The third kappa shape index (κ3) is 5.82. The van der Waals surface area contributed by atoms with E-state index in [1.807, 2.05) is 117 Å². The summed E-state index contributed by atoms with van der Waals surface area (Å²) in [6, 6.07) is 31.5. The van der Waals surface area contributed by atoms with E-state index in [-0.39, 0.29) is 5.91 Å². The molecule has 38 heavy (non-hydrogen) atoms. The molecule has 1 fully saturated rings. The molecule has 6 heteroatoms. The molecule has 1 saturated heterocycles. The second-order valence-corrected chi connectivity index (χ2v) is 10.0. The van der Waals surface area contributed by atoms with Crippen LogP contribution in [0.4, 0.5) is 11.4 Å². The summed E-state index contributed by atoms with van der Waals surface area (Å²) in [4.78, 5) is 20.7. The first kappa shape index (κ1) is 25.4. The normalized spacial score (nSPS) is 15.3. The molecule has 1 amide bonds. The van der Waals surface area contributed by atoms with Crippen LogP contribution >= 0.6 is 11.8 Å². The minimum absolute atomic E-state index is 0.118. The van der Waals surface area contributed by atoms with Gasteiger partial charge in [0.05, 0.1) is 23.4 Å². The van der Waals surface area contributed by atoms with Gasteiger partial charge in [-0.1, -0.05) is 71.8 Å². The summed E-state index contributed by atoms with van der Waals surface area (Å²) < 4.78 is 11.6. The molecule has 4 aromatic rings.